The molecule has 0 aliphatic rings. The molecule has 0 aliphatic carbocycles. The Hall–Kier alpha value is -2.70. The third-order valence-electron chi connectivity index (χ3n) is 2.41. The summed E-state index contributed by atoms with van der Waals surface area (Å²) in [5, 5.41) is 2.48. The largest absolute Gasteiger partial charge is 0.435 e. The number of rotatable bonds is 4. The van der Waals surface area contributed by atoms with Gasteiger partial charge in [0.05, 0.1) is 0 Å². The Morgan fingerprint density at radius 3 is 2.50 bits per heavy atom. The first-order chi connectivity index (χ1) is 9.56. The lowest BCUT2D eigenvalue weighted by Crippen LogP contribution is -2.20. The molecule has 5 nitrogen and oxygen atoms in total. The predicted octanol–water partition coefficient (Wildman–Crippen LogP) is 2.23. The minimum Gasteiger partial charge on any atom is -0.435 e. The summed E-state index contributed by atoms with van der Waals surface area (Å²) in [6, 6.07) is 6.60. The molecule has 1 aromatic carbocycles. The highest BCUT2D eigenvalue weighted by Gasteiger charge is 2.10. The molecule has 0 saturated heterocycles. The first kappa shape index (κ1) is 13.7. The van der Waals surface area contributed by atoms with Crippen molar-refractivity contribution in [2.24, 2.45) is 0 Å². The molecule has 0 fully saturated rings. The maximum atomic E-state index is 12.0. The third-order valence-corrected chi connectivity index (χ3v) is 2.41. The first-order valence-electron chi connectivity index (χ1n) is 5.59. The number of amides is 1. The maximum absolute atomic E-state index is 12.0. The molecule has 0 spiro atoms. The van der Waals surface area contributed by atoms with E-state index in [9.17, 15) is 18.4 Å². The molecule has 0 radical (unpaired) electrons. The Bertz CT molecular complexity index is 653. The van der Waals surface area contributed by atoms with E-state index in [2.05, 4.69) is 15.0 Å². The van der Waals surface area contributed by atoms with Gasteiger partial charge < -0.3 is 15.0 Å². The number of alkyl halides is 2. The first-order valence-corrected chi connectivity index (χ1v) is 5.59. The molecule has 104 valence electrons. The van der Waals surface area contributed by atoms with E-state index >= 15 is 0 Å². The van der Waals surface area contributed by atoms with Gasteiger partial charge in [0.15, 0.2) is 5.43 Å². The van der Waals surface area contributed by atoms with Crippen LogP contribution in [0.4, 0.5) is 14.5 Å². The van der Waals surface area contributed by atoms with Crippen LogP contribution in [0.25, 0.3) is 0 Å². The molecule has 0 aliphatic heterocycles. The van der Waals surface area contributed by atoms with Crippen LogP contribution in [0.5, 0.6) is 5.75 Å². The molecule has 0 atom stereocenters. The normalized spacial score (nSPS) is 10.3. The van der Waals surface area contributed by atoms with Crippen molar-refractivity contribution in [2.75, 3.05) is 5.32 Å². The smallest absolute Gasteiger partial charge is 0.387 e. The van der Waals surface area contributed by atoms with Crippen LogP contribution < -0.4 is 15.5 Å². The zero-order valence-corrected chi connectivity index (χ0v) is 10.1. The molecule has 0 unspecified atom stereocenters. The van der Waals surface area contributed by atoms with Gasteiger partial charge in [-0.2, -0.15) is 8.78 Å². The van der Waals surface area contributed by atoms with Gasteiger partial charge >= 0.3 is 6.61 Å². The number of pyridine rings is 1. The number of hydrogen-bond acceptors (Lipinski definition) is 3. The van der Waals surface area contributed by atoms with Crippen molar-refractivity contribution >= 4 is 11.6 Å². The summed E-state index contributed by atoms with van der Waals surface area (Å²) >= 11 is 0. The van der Waals surface area contributed by atoms with Gasteiger partial charge in [-0.3, -0.25) is 9.59 Å². The maximum Gasteiger partial charge on any atom is 0.387 e. The number of nitrogens with one attached hydrogen (secondary N) is 2. The number of aromatic nitrogens is 1. The second kappa shape index (κ2) is 5.96. The number of carbonyl (C=O) groups excluding carboxylic acids is 1. The van der Waals surface area contributed by atoms with Crippen molar-refractivity contribution in [3.63, 3.8) is 0 Å². The van der Waals surface area contributed by atoms with Crippen LogP contribution in [0, 0.1) is 0 Å². The summed E-state index contributed by atoms with van der Waals surface area (Å²) in [7, 11) is 0. The SMILES string of the molecule is O=C(Nc1ccc(OC(F)F)cc1)c1c[nH]ccc1=O. The number of aromatic amines is 1. The Kier molecular flexibility index (Phi) is 4.09. The summed E-state index contributed by atoms with van der Waals surface area (Å²) < 4.78 is 28.1. The highest BCUT2D eigenvalue weighted by atomic mass is 19.3. The van der Waals surface area contributed by atoms with Crippen LogP contribution in [0.15, 0.2) is 47.5 Å². The van der Waals surface area contributed by atoms with Crippen LogP contribution >= 0.6 is 0 Å². The highest BCUT2D eigenvalue weighted by Crippen LogP contribution is 2.17. The van der Waals surface area contributed by atoms with Crippen molar-refractivity contribution in [1.82, 2.24) is 4.98 Å². The highest BCUT2D eigenvalue weighted by molar-refractivity contribution is 6.03. The van der Waals surface area contributed by atoms with E-state index in [1.807, 2.05) is 0 Å². The number of carbonyl (C=O) groups is 1. The molecular weight excluding hydrogens is 270 g/mol. The lowest BCUT2D eigenvalue weighted by atomic mass is 10.2. The average molecular weight is 280 g/mol. The number of hydrogen-bond donors (Lipinski definition) is 2. The summed E-state index contributed by atoms with van der Waals surface area (Å²) in [5.74, 6) is -0.607. The topological polar surface area (TPSA) is 71.2 Å². The molecule has 0 bridgehead atoms. The zero-order chi connectivity index (χ0) is 14.5. The second-order valence-electron chi connectivity index (χ2n) is 3.78. The van der Waals surface area contributed by atoms with Crippen molar-refractivity contribution in [2.45, 2.75) is 6.61 Å². The van der Waals surface area contributed by atoms with Crippen molar-refractivity contribution in [3.8, 4) is 5.75 Å². The quantitative estimate of drug-likeness (QED) is 0.902. The second-order valence-corrected chi connectivity index (χ2v) is 3.78. The minimum absolute atomic E-state index is 0.0180. The summed E-state index contributed by atoms with van der Waals surface area (Å²) in [5.41, 5.74) is -0.0980. The van der Waals surface area contributed by atoms with E-state index in [4.69, 9.17) is 0 Å². The summed E-state index contributed by atoms with van der Waals surface area (Å²) in [6.45, 7) is -2.90. The molecule has 1 aromatic heterocycles. The molecule has 2 aromatic rings. The van der Waals surface area contributed by atoms with E-state index in [0.29, 0.717) is 5.69 Å². The van der Waals surface area contributed by atoms with Crippen molar-refractivity contribution in [3.05, 3.63) is 58.5 Å². The Morgan fingerprint density at radius 1 is 1.20 bits per heavy atom. The van der Waals surface area contributed by atoms with Gasteiger partial charge in [-0.25, -0.2) is 0 Å². The monoisotopic (exact) mass is 280 g/mol. The fourth-order valence-corrected chi connectivity index (χ4v) is 1.51. The van der Waals surface area contributed by atoms with E-state index in [0.717, 1.165) is 0 Å². The van der Waals surface area contributed by atoms with Gasteiger partial charge in [0.2, 0.25) is 0 Å². The van der Waals surface area contributed by atoms with Gasteiger partial charge in [0, 0.05) is 24.1 Å². The molecule has 7 heteroatoms. The Labute approximate surface area is 112 Å². The van der Waals surface area contributed by atoms with Crippen molar-refractivity contribution in [1.29, 1.82) is 0 Å². The fraction of sp³-hybridized carbons (Fsp3) is 0.0769. The van der Waals surface area contributed by atoms with Crippen LogP contribution in [-0.4, -0.2) is 17.5 Å². The minimum atomic E-state index is -2.90. The summed E-state index contributed by atoms with van der Waals surface area (Å²) in [6.07, 6.45) is 2.70. The molecule has 1 heterocycles. The molecule has 2 N–H and O–H groups in total. The molecule has 0 saturated carbocycles. The molecule has 2 rings (SSSR count). The number of ether oxygens (including phenoxy) is 1. The van der Waals surface area contributed by atoms with Crippen LogP contribution in [0.1, 0.15) is 10.4 Å². The van der Waals surface area contributed by atoms with E-state index < -0.39 is 17.9 Å². The molecule has 1 amide bonds. The van der Waals surface area contributed by atoms with Gasteiger partial charge in [-0.15, -0.1) is 0 Å². The number of H-pyrrole nitrogens is 1. The summed E-state index contributed by atoms with van der Waals surface area (Å²) in [4.78, 5) is 25.9. The van der Waals surface area contributed by atoms with Crippen LogP contribution in [0.3, 0.4) is 0 Å². The van der Waals surface area contributed by atoms with Crippen LogP contribution in [0.2, 0.25) is 0 Å². The standard InChI is InChI=1S/C13H10F2N2O3/c14-13(15)20-9-3-1-8(2-4-9)17-12(19)10-7-16-6-5-11(10)18/h1-7,13H,(H,16,18)(H,17,19). The molecular formula is C13H10F2N2O3. The van der Waals surface area contributed by atoms with E-state index in [1.165, 1.54) is 42.7 Å². The molecule has 20 heavy (non-hydrogen) atoms. The number of halogens is 2. The number of anilines is 1. The van der Waals surface area contributed by atoms with E-state index in [-0.39, 0.29) is 11.3 Å². The lowest BCUT2D eigenvalue weighted by Gasteiger charge is -2.07. The Balaban J connectivity index is 2.09. The van der Waals surface area contributed by atoms with Crippen molar-refractivity contribution < 1.29 is 18.3 Å². The Morgan fingerprint density at radius 2 is 1.90 bits per heavy atom. The van der Waals surface area contributed by atoms with Gasteiger partial charge in [0.1, 0.15) is 11.3 Å². The van der Waals surface area contributed by atoms with E-state index in [1.54, 1.807) is 0 Å². The fourth-order valence-electron chi connectivity index (χ4n) is 1.51. The third kappa shape index (κ3) is 3.41. The van der Waals surface area contributed by atoms with Gasteiger partial charge in [-0.1, -0.05) is 0 Å². The predicted molar refractivity (Wildman–Crippen MR) is 68.1 cm³/mol. The van der Waals surface area contributed by atoms with Gasteiger partial charge in [-0.05, 0) is 24.3 Å². The lowest BCUT2D eigenvalue weighted by molar-refractivity contribution is -0.0498. The van der Waals surface area contributed by atoms with Gasteiger partial charge in [0.25, 0.3) is 5.91 Å². The van der Waals surface area contributed by atoms with Crippen LogP contribution in [-0.2, 0) is 0 Å². The zero-order valence-electron chi connectivity index (χ0n) is 10.1. The number of benzene rings is 1. The average Bonchev–Trinajstić information content (AvgIpc) is 2.41.